The fourth-order valence-electron chi connectivity index (χ4n) is 1.61. The first-order valence-electron chi connectivity index (χ1n) is 5.94. The third-order valence-corrected chi connectivity index (χ3v) is 4.54. The number of halogens is 2. The first-order chi connectivity index (χ1) is 9.95. The number of carbonyl (C=O) groups excluding carboxylic acids is 1. The molecule has 2 rings (SSSR count). The van der Waals surface area contributed by atoms with Crippen molar-refractivity contribution in [1.82, 2.24) is 0 Å². The van der Waals surface area contributed by atoms with E-state index in [1.165, 1.54) is 0 Å². The molecule has 0 aromatic heterocycles. The lowest BCUT2D eigenvalue weighted by Crippen LogP contribution is -2.19. The van der Waals surface area contributed by atoms with Crippen molar-refractivity contribution in [3.63, 3.8) is 0 Å². The Morgan fingerprint density at radius 2 is 1.81 bits per heavy atom. The van der Waals surface area contributed by atoms with Gasteiger partial charge in [0.15, 0.2) is 0 Å². The molecule has 7 heteroatoms. The van der Waals surface area contributed by atoms with Crippen LogP contribution in [0.4, 0.5) is 11.4 Å². The Labute approximate surface area is 134 Å². The van der Waals surface area contributed by atoms with Gasteiger partial charge >= 0.3 is 0 Å². The number of carbonyl (C=O) groups is 1. The molecule has 0 aliphatic heterocycles. The number of rotatable bonds is 4. The van der Waals surface area contributed by atoms with Gasteiger partial charge in [-0.25, -0.2) is 0 Å². The molecule has 1 unspecified atom stereocenters. The summed E-state index contributed by atoms with van der Waals surface area (Å²) in [5.74, 6) is -0.519. The van der Waals surface area contributed by atoms with Gasteiger partial charge in [0.1, 0.15) is 5.75 Å². The van der Waals surface area contributed by atoms with Crippen molar-refractivity contribution in [2.24, 2.45) is 0 Å². The molecule has 1 amide bonds. The summed E-state index contributed by atoms with van der Waals surface area (Å²) in [6, 6.07) is 11.3. The van der Waals surface area contributed by atoms with Crippen LogP contribution in [0, 0.1) is 0 Å². The molecule has 0 radical (unpaired) electrons. The van der Waals surface area contributed by atoms with Gasteiger partial charge in [0.2, 0.25) is 5.91 Å². The maximum atomic E-state index is 12.0. The van der Waals surface area contributed by atoms with Crippen molar-refractivity contribution in [2.75, 3.05) is 16.8 Å². The van der Waals surface area contributed by atoms with Crippen molar-refractivity contribution in [3.8, 4) is 0 Å². The fraction of sp³-hybridized carbons (Fsp3) is 0.0714. The Kier molecular flexibility index (Phi) is 5.22. The minimum Gasteiger partial charge on any atom is -0.397 e. The van der Waals surface area contributed by atoms with Crippen LogP contribution in [0.15, 0.2) is 47.4 Å². The molecule has 4 nitrogen and oxygen atoms in total. The number of amides is 1. The summed E-state index contributed by atoms with van der Waals surface area (Å²) in [4.78, 5) is 12.4. The van der Waals surface area contributed by atoms with E-state index in [4.69, 9.17) is 28.9 Å². The van der Waals surface area contributed by atoms with Gasteiger partial charge in [-0.3, -0.25) is 9.00 Å². The Balaban J connectivity index is 1.99. The number of benzene rings is 2. The highest BCUT2D eigenvalue weighted by atomic mass is 35.5. The molecule has 1 atom stereocenters. The average molecular weight is 343 g/mol. The summed E-state index contributed by atoms with van der Waals surface area (Å²) in [6.45, 7) is 0. The van der Waals surface area contributed by atoms with Crippen molar-refractivity contribution < 1.29 is 9.00 Å². The lowest BCUT2D eigenvalue weighted by Gasteiger charge is -2.07. The van der Waals surface area contributed by atoms with E-state index >= 15 is 0 Å². The standard InChI is InChI=1S/C14H12Cl2N2O2S/c15-9-1-4-11(5-2-9)21(20)8-14(19)18-10-3-6-12(16)13(17)7-10/h1-7H,8,17H2,(H,18,19). The number of nitrogens with two attached hydrogens (primary N) is 1. The van der Waals surface area contributed by atoms with Gasteiger partial charge in [0.05, 0.1) is 21.5 Å². The van der Waals surface area contributed by atoms with Crippen LogP contribution in [-0.2, 0) is 15.6 Å². The lowest BCUT2D eigenvalue weighted by atomic mass is 10.3. The van der Waals surface area contributed by atoms with Crippen molar-refractivity contribution in [1.29, 1.82) is 0 Å². The van der Waals surface area contributed by atoms with E-state index in [-0.39, 0.29) is 11.7 Å². The van der Waals surface area contributed by atoms with Gasteiger partial charge < -0.3 is 11.1 Å². The summed E-state index contributed by atoms with van der Waals surface area (Å²) in [6.07, 6.45) is 0. The third kappa shape index (κ3) is 4.46. The van der Waals surface area contributed by atoms with Crippen molar-refractivity contribution >= 4 is 51.3 Å². The molecule has 110 valence electrons. The molecular weight excluding hydrogens is 331 g/mol. The highest BCUT2D eigenvalue weighted by Crippen LogP contribution is 2.22. The molecule has 0 spiro atoms. The first-order valence-corrected chi connectivity index (χ1v) is 8.02. The molecule has 2 aromatic rings. The largest absolute Gasteiger partial charge is 0.397 e. The van der Waals surface area contributed by atoms with Crippen LogP contribution in [0.25, 0.3) is 0 Å². The second-order valence-corrected chi connectivity index (χ2v) is 6.52. The van der Waals surface area contributed by atoms with Crippen LogP contribution in [-0.4, -0.2) is 15.9 Å². The molecule has 3 N–H and O–H groups in total. The van der Waals surface area contributed by atoms with E-state index in [9.17, 15) is 9.00 Å². The van der Waals surface area contributed by atoms with Crippen LogP contribution in [0.5, 0.6) is 0 Å². The number of anilines is 2. The minimum absolute atomic E-state index is 0.149. The van der Waals surface area contributed by atoms with Crippen molar-refractivity contribution in [2.45, 2.75) is 4.90 Å². The molecule has 0 aliphatic carbocycles. The van der Waals surface area contributed by atoms with E-state index in [1.807, 2.05) is 0 Å². The van der Waals surface area contributed by atoms with Gasteiger partial charge in [-0.05, 0) is 42.5 Å². The van der Waals surface area contributed by atoms with Gasteiger partial charge in [-0.15, -0.1) is 0 Å². The smallest absolute Gasteiger partial charge is 0.237 e. The number of hydrogen-bond acceptors (Lipinski definition) is 3. The van der Waals surface area contributed by atoms with E-state index in [0.717, 1.165) is 0 Å². The highest BCUT2D eigenvalue weighted by Gasteiger charge is 2.11. The summed E-state index contributed by atoms with van der Waals surface area (Å²) >= 11 is 11.6. The number of nitrogens with one attached hydrogen (secondary N) is 1. The Hall–Kier alpha value is -1.56. The van der Waals surface area contributed by atoms with Crippen LogP contribution in [0.3, 0.4) is 0 Å². The average Bonchev–Trinajstić information content (AvgIpc) is 2.43. The van der Waals surface area contributed by atoms with Crippen LogP contribution < -0.4 is 11.1 Å². The molecule has 0 aliphatic rings. The molecule has 0 saturated heterocycles. The van der Waals surface area contributed by atoms with E-state index in [2.05, 4.69) is 5.32 Å². The highest BCUT2D eigenvalue weighted by molar-refractivity contribution is 7.85. The maximum Gasteiger partial charge on any atom is 0.237 e. The molecule has 21 heavy (non-hydrogen) atoms. The normalized spacial score (nSPS) is 11.9. The van der Waals surface area contributed by atoms with Gasteiger partial charge in [0.25, 0.3) is 0 Å². The topological polar surface area (TPSA) is 72.2 Å². The maximum absolute atomic E-state index is 12.0. The fourth-order valence-corrected chi connectivity index (χ4v) is 2.77. The van der Waals surface area contributed by atoms with Gasteiger partial charge in [-0.2, -0.15) is 0 Å². The van der Waals surface area contributed by atoms with E-state index in [1.54, 1.807) is 42.5 Å². The molecule has 0 heterocycles. The molecule has 0 bridgehead atoms. The number of hydrogen-bond donors (Lipinski definition) is 2. The predicted molar refractivity (Wildman–Crippen MR) is 87.2 cm³/mol. The zero-order valence-electron chi connectivity index (χ0n) is 10.8. The first kappa shape index (κ1) is 15.8. The van der Waals surface area contributed by atoms with Crippen LogP contribution in [0.1, 0.15) is 0 Å². The van der Waals surface area contributed by atoms with Gasteiger partial charge in [-0.1, -0.05) is 23.2 Å². The second-order valence-electron chi connectivity index (χ2n) is 4.23. The van der Waals surface area contributed by atoms with Crippen molar-refractivity contribution in [3.05, 3.63) is 52.5 Å². The summed E-state index contributed by atoms with van der Waals surface area (Å²) in [5, 5.41) is 3.59. The third-order valence-electron chi connectivity index (χ3n) is 2.62. The Morgan fingerprint density at radius 3 is 2.43 bits per heavy atom. The zero-order valence-corrected chi connectivity index (χ0v) is 13.1. The minimum atomic E-state index is -1.43. The van der Waals surface area contributed by atoms with E-state index < -0.39 is 10.8 Å². The molecule has 2 aromatic carbocycles. The zero-order chi connectivity index (χ0) is 15.4. The van der Waals surface area contributed by atoms with Gasteiger partial charge in [0, 0.05) is 15.6 Å². The summed E-state index contributed by atoms with van der Waals surface area (Å²) in [7, 11) is -1.43. The quantitative estimate of drug-likeness (QED) is 0.837. The molecule has 0 saturated carbocycles. The summed E-state index contributed by atoms with van der Waals surface area (Å²) in [5.41, 5.74) is 6.53. The van der Waals surface area contributed by atoms with Crippen LogP contribution in [0.2, 0.25) is 10.0 Å². The molecular formula is C14H12Cl2N2O2S. The Morgan fingerprint density at radius 1 is 1.14 bits per heavy atom. The Bertz CT molecular complexity index is 690. The van der Waals surface area contributed by atoms with E-state index in [0.29, 0.717) is 26.3 Å². The van der Waals surface area contributed by atoms with Crippen LogP contribution >= 0.6 is 23.2 Å². The molecule has 0 fully saturated rings. The summed E-state index contributed by atoms with van der Waals surface area (Å²) < 4.78 is 12.0. The second kappa shape index (κ2) is 6.93. The number of nitrogen functional groups attached to an aromatic ring is 1. The SMILES string of the molecule is Nc1cc(NC(=O)CS(=O)c2ccc(Cl)cc2)ccc1Cl. The monoisotopic (exact) mass is 342 g/mol. The predicted octanol–water partition coefficient (Wildman–Crippen LogP) is 3.32. The lowest BCUT2D eigenvalue weighted by molar-refractivity contribution is -0.113.